The van der Waals surface area contributed by atoms with Crippen LogP contribution >= 0.6 is 8.25 Å². The van der Waals surface area contributed by atoms with Crippen molar-refractivity contribution in [2.45, 2.75) is 52.6 Å². The van der Waals surface area contributed by atoms with E-state index < -0.39 is 19.5 Å². The largest absolute Gasteiger partial charge is 0.694 e. The topological polar surface area (TPSA) is 108 Å². The fourth-order valence-electron chi connectivity index (χ4n) is 2.93. The fraction of sp³-hybridized carbons (Fsp3) is 0.476. The average molecular weight is 449 g/mol. The van der Waals surface area contributed by atoms with Gasteiger partial charge in [0.15, 0.2) is 11.2 Å². The van der Waals surface area contributed by atoms with Crippen LogP contribution in [0.1, 0.15) is 45.1 Å². The standard InChI is InChI=1S/C17H19N4O5P.C4H10/c1-19-15-14(20(12-18-15)11-13-7-3-2-4-8-13)16(22)21(17(19)23)9-5-6-10-26-27(24)25;1-3-4-2/h2-4,7-8,12H,5-6,9-11H2,1H3;3-4H2,1-2H3/p+1. The predicted molar refractivity (Wildman–Crippen MR) is 120 cm³/mol. The maximum absolute atomic E-state index is 12.9. The van der Waals surface area contributed by atoms with Gasteiger partial charge < -0.3 is 4.57 Å². The minimum Gasteiger partial charge on any atom is -0.320 e. The molecule has 31 heavy (non-hydrogen) atoms. The van der Waals surface area contributed by atoms with Gasteiger partial charge in [-0.1, -0.05) is 57.0 Å². The van der Waals surface area contributed by atoms with E-state index in [2.05, 4.69) is 23.4 Å². The molecule has 0 aliphatic rings. The second-order valence-electron chi connectivity index (χ2n) is 7.11. The SMILES string of the molecule is CCCC.Cn1c(=O)n(CCCCO[P+](=O)O)c(=O)c2c1ncn2Cc1ccccc1. The summed E-state index contributed by atoms with van der Waals surface area (Å²) < 4.78 is 19.4. The van der Waals surface area contributed by atoms with Gasteiger partial charge in [-0.05, 0) is 18.4 Å². The van der Waals surface area contributed by atoms with Crippen LogP contribution in [0.4, 0.5) is 0 Å². The molecule has 168 valence electrons. The minimum atomic E-state index is -2.63. The summed E-state index contributed by atoms with van der Waals surface area (Å²) in [6.07, 6.45) is 5.13. The number of nitrogens with zero attached hydrogens (tertiary/aromatic N) is 4. The first-order valence-electron chi connectivity index (χ1n) is 10.4. The molecule has 1 N–H and O–H groups in total. The van der Waals surface area contributed by atoms with Crippen LogP contribution in [0, 0.1) is 0 Å². The number of rotatable bonds is 9. The fourth-order valence-corrected chi connectivity index (χ4v) is 3.22. The summed E-state index contributed by atoms with van der Waals surface area (Å²) in [5, 5.41) is 0. The number of benzene rings is 1. The quantitative estimate of drug-likeness (QED) is 0.397. The number of aryl methyl sites for hydroxylation is 1. The first-order chi connectivity index (χ1) is 14.9. The first kappa shape index (κ1) is 24.7. The van der Waals surface area contributed by atoms with E-state index >= 15 is 0 Å². The Balaban J connectivity index is 0.000000785. The normalized spacial score (nSPS) is 11.3. The van der Waals surface area contributed by atoms with Gasteiger partial charge in [0.2, 0.25) is 0 Å². The number of unbranched alkanes of at least 4 members (excludes halogenated alkanes) is 2. The smallest absolute Gasteiger partial charge is 0.320 e. The van der Waals surface area contributed by atoms with E-state index in [4.69, 9.17) is 4.89 Å². The Bertz CT molecular complexity index is 1100. The van der Waals surface area contributed by atoms with Crippen molar-refractivity contribution in [2.24, 2.45) is 7.05 Å². The number of hydrogen-bond acceptors (Lipinski definition) is 5. The maximum atomic E-state index is 12.9. The van der Waals surface area contributed by atoms with Gasteiger partial charge in [-0.15, -0.1) is 9.42 Å². The van der Waals surface area contributed by atoms with Crippen LogP contribution in [0.5, 0.6) is 0 Å². The van der Waals surface area contributed by atoms with Crippen molar-refractivity contribution in [1.82, 2.24) is 18.7 Å². The zero-order chi connectivity index (χ0) is 22.8. The Morgan fingerprint density at radius 2 is 1.77 bits per heavy atom. The number of fused-ring (bicyclic) bond motifs is 1. The summed E-state index contributed by atoms with van der Waals surface area (Å²) in [6, 6.07) is 9.68. The van der Waals surface area contributed by atoms with E-state index in [1.165, 1.54) is 22.0 Å². The summed E-state index contributed by atoms with van der Waals surface area (Å²) in [7, 11) is -1.05. The van der Waals surface area contributed by atoms with E-state index in [0.717, 1.165) is 5.56 Å². The number of aromatic nitrogens is 4. The molecule has 0 spiro atoms. The van der Waals surface area contributed by atoms with Gasteiger partial charge in [0.25, 0.3) is 5.56 Å². The van der Waals surface area contributed by atoms with Crippen LogP contribution in [0.15, 0.2) is 46.2 Å². The predicted octanol–water partition coefficient (Wildman–Crippen LogP) is 3.20. The highest BCUT2D eigenvalue weighted by molar-refractivity contribution is 7.32. The highest BCUT2D eigenvalue weighted by atomic mass is 31.1. The van der Waals surface area contributed by atoms with Crippen molar-refractivity contribution in [3.8, 4) is 0 Å². The van der Waals surface area contributed by atoms with Gasteiger partial charge in [0, 0.05) is 24.7 Å². The lowest BCUT2D eigenvalue weighted by Crippen LogP contribution is -2.39. The Morgan fingerprint density at radius 3 is 2.39 bits per heavy atom. The van der Waals surface area contributed by atoms with Crippen LogP contribution in [-0.4, -0.2) is 30.2 Å². The molecule has 0 aliphatic heterocycles. The van der Waals surface area contributed by atoms with Crippen LogP contribution in [0.3, 0.4) is 0 Å². The first-order valence-corrected chi connectivity index (χ1v) is 11.5. The molecule has 9 nitrogen and oxygen atoms in total. The highest BCUT2D eigenvalue weighted by Gasteiger charge is 2.16. The lowest BCUT2D eigenvalue weighted by molar-refractivity contribution is 0.272. The molecule has 0 fully saturated rings. The lowest BCUT2D eigenvalue weighted by atomic mass is 10.2. The van der Waals surface area contributed by atoms with E-state index in [1.807, 2.05) is 30.3 Å². The molecule has 1 aromatic carbocycles. The van der Waals surface area contributed by atoms with E-state index in [1.54, 1.807) is 17.9 Å². The molecule has 3 rings (SSSR count). The molecule has 2 heterocycles. The van der Waals surface area contributed by atoms with Crippen LogP contribution in [-0.2, 0) is 29.2 Å². The van der Waals surface area contributed by atoms with Crippen molar-refractivity contribution in [1.29, 1.82) is 0 Å². The van der Waals surface area contributed by atoms with Crippen LogP contribution in [0.25, 0.3) is 11.2 Å². The third-order valence-corrected chi connectivity index (χ3v) is 5.18. The van der Waals surface area contributed by atoms with E-state index in [0.29, 0.717) is 30.6 Å². The molecule has 0 amide bonds. The molecule has 0 saturated carbocycles. The summed E-state index contributed by atoms with van der Waals surface area (Å²) in [4.78, 5) is 38.3. The minimum absolute atomic E-state index is 0.0922. The summed E-state index contributed by atoms with van der Waals surface area (Å²) in [6.45, 7) is 5.13. The average Bonchev–Trinajstić information content (AvgIpc) is 3.18. The van der Waals surface area contributed by atoms with Gasteiger partial charge in [-0.3, -0.25) is 13.9 Å². The summed E-state index contributed by atoms with van der Waals surface area (Å²) >= 11 is 0. The Morgan fingerprint density at radius 1 is 1.10 bits per heavy atom. The zero-order valence-electron chi connectivity index (χ0n) is 18.2. The van der Waals surface area contributed by atoms with Gasteiger partial charge in [0.1, 0.15) is 6.61 Å². The molecular weight excluding hydrogens is 419 g/mol. The second kappa shape index (κ2) is 12.3. The molecule has 0 radical (unpaired) electrons. The van der Waals surface area contributed by atoms with Gasteiger partial charge in [0.05, 0.1) is 6.33 Å². The molecule has 3 aromatic rings. The molecule has 2 aromatic heterocycles. The maximum Gasteiger partial charge on any atom is 0.694 e. The van der Waals surface area contributed by atoms with E-state index in [9.17, 15) is 14.2 Å². The lowest BCUT2D eigenvalue weighted by Gasteiger charge is -2.09. The summed E-state index contributed by atoms with van der Waals surface area (Å²) in [5.74, 6) is 0. The van der Waals surface area contributed by atoms with Gasteiger partial charge in [-0.2, -0.15) is 0 Å². The highest BCUT2D eigenvalue weighted by Crippen LogP contribution is 2.15. The monoisotopic (exact) mass is 449 g/mol. The molecule has 1 atom stereocenters. The van der Waals surface area contributed by atoms with Crippen molar-refractivity contribution in [3.05, 3.63) is 63.1 Å². The third kappa shape index (κ3) is 6.69. The molecular formula is C21H30N4O5P+. The Kier molecular flexibility index (Phi) is 9.78. The molecule has 0 bridgehead atoms. The Hall–Kier alpha value is -2.61. The van der Waals surface area contributed by atoms with Crippen molar-refractivity contribution in [3.63, 3.8) is 0 Å². The number of imidazole rings is 1. The van der Waals surface area contributed by atoms with E-state index in [-0.39, 0.29) is 13.2 Å². The molecule has 0 saturated heterocycles. The van der Waals surface area contributed by atoms with Gasteiger partial charge >= 0.3 is 13.9 Å². The molecule has 0 aliphatic carbocycles. The van der Waals surface area contributed by atoms with Crippen molar-refractivity contribution < 1.29 is 14.0 Å². The zero-order valence-corrected chi connectivity index (χ0v) is 19.1. The third-order valence-electron chi connectivity index (χ3n) is 4.78. The van der Waals surface area contributed by atoms with Crippen molar-refractivity contribution in [2.75, 3.05) is 6.61 Å². The van der Waals surface area contributed by atoms with Gasteiger partial charge in [-0.25, -0.2) is 9.78 Å². The van der Waals surface area contributed by atoms with Crippen molar-refractivity contribution >= 4 is 19.4 Å². The molecule has 1 unspecified atom stereocenters. The molecule has 10 heteroatoms. The van der Waals surface area contributed by atoms with Crippen LogP contribution < -0.4 is 11.2 Å². The number of hydrogen-bond donors (Lipinski definition) is 1. The second-order valence-corrected chi connectivity index (χ2v) is 7.84. The Labute approximate surface area is 181 Å². The summed E-state index contributed by atoms with van der Waals surface area (Å²) in [5.41, 5.74) is 0.905. The van der Waals surface area contributed by atoms with Crippen LogP contribution in [0.2, 0.25) is 0 Å².